The molecule has 0 aliphatic heterocycles. The molecule has 0 aliphatic carbocycles. The van der Waals surface area contributed by atoms with Gasteiger partial charge in [-0.15, -0.1) is 0 Å². The lowest BCUT2D eigenvalue weighted by Crippen LogP contribution is -2.31. The highest BCUT2D eigenvalue weighted by Crippen LogP contribution is 2.19. The van der Waals surface area contributed by atoms with Crippen molar-refractivity contribution in [3.63, 3.8) is 0 Å². The first-order valence-electron chi connectivity index (χ1n) is 6.27. The minimum atomic E-state index is -0.00125. The molecule has 0 N–H and O–H groups in total. The van der Waals surface area contributed by atoms with Crippen molar-refractivity contribution in [1.82, 2.24) is 4.90 Å². The third-order valence-corrected chi connectivity index (χ3v) is 3.90. The van der Waals surface area contributed by atoms with Gasteiger partial charge in [-0.05, 0) is 40.9 Å². The highest BCUT2D eigenvalue weighted by atomic mass is 35.5. The molecule has 0 spiro atoms. The van der Waals surface area contributed by atoms with Crippen LogP contribution in [0.3, 0.4) is 0 Å². The van der Waals surface area contributed by atoms with Gasteiger partial charge in [-0.3, -0.25) is 4.79 Å². The molecule has 2 rings (SSSR count). The zero-order valence-corrected chi connectivity index (χ0v) is 12.4. The highest BCUT2D eigenvalue weighted by Gasteiger charge is 2.17. The number of nitrogens with zero attached hydrogens (tertiary/aromatic N) is 1. The van der Waals surface area contributed by atoms with E-state index in [0.717, 1.165) is 13.0 Å². The van der Waals surface area contributed by atoms with Crippen molar-refractivity contribution in [2.24, 2.45) is 0 Å². The molecule has 1 heterocycles. The molecule has 0 atom stereocenters. The summed E-state index contributed by atoms with van der Waals surface area (Å²) in [5.41, 5.74) is 1.74. The number of hydrogen-bond donors (Lipinski definition) is 0. The van der Waals surface area contributed by atoms with E-state index in [1.54, 1.807) is 23.5 Å². The maximum Gasteiger partial charge on any atom is 0.255 e. The van der Waals surface area contributed by atoms with E-state index in [-0.39, 0.29) is 5.91 Å². The second kappa shape index (κ2) is 6.73. The van der Waals surface area contributed by atoms with Gasteiger partial charge in [0.05, 0.1) is 10.6 Å². The molecule has 0 saturated carbocycles. The number of benzene rings is 1. The molecule has 100 valence electrons. The lowest BCUT2D eigenvalue weighted by atomic mass is 10.1. The lowest BCUT2D eigenvalue weighted by Gasteiger charge is -2.22. The Morgan fingerprint density at radius 3 is 2.74 bits per heavy atom. The molecule has 0 fully saturated rings. The van der Waals surface area contributed by atoms with E-state index in [9.17, 15) is 4.79 Å². The molecule has 0 saturated heterocycles. The Kier molecular flexibility index (Phi) is 5.00. The molecule has 1 amide bonds. The van der Waals surface area contributed by atoms with Gasteiger partial charge in [0.15, 0.2) is 0 Å². The van der Waals surface area contributed by atoms with Gasteiger partial charge >= 0.3 is 0 Å². The van der Waals surface area contributed by atoms with Crippen LogP contribution in [0.2, 0.25) is 5.02 Å². The van der Waals surface area contributed by atoms with E-state index in [1.807, 2.05) is 28.5 Å². The van der Waals surface area contributed by atoms with Gasteiger partial charge in [0.25, 0.3) is 5.91 Å². The van der Waals surface area contributed by atoms with Crippen molar-refractivity contribution in [3.8, 4) is 0 Å². The average Bonchev–Trinajstić information content (AvgIpc) is 2.91. The zero-order chi connectivity index (χ0) is 13.7. The number of carbonyl (C=O) groups is 1. The van der Waals surface area contributed by atoms with Crippen molar-refractivity contribution in [2.45, 2.75) is 19.9 Å². The topological polar surface area (TPSA) is 20.3 Å². The molecule has 1 aromatic carbocycles. The van der Waals surface area contributed by atoms with E-state index in [2.05, 4.69) is 12.3 Å². The minimum Gasteiger partial charge on any atom is -0.334 e. The first-order valence-corrected chi connectivity index (χ1v) is 7.59. The van der Waals surface area contributed by atoms with Crippen molar-refractivity contribution >= 4 is 28.8 Å². The normalized spacial score (nSPS) is 10.4. The van der Waals surface area contributed by atoms with E-state index in [4.69, 9.17) is 11.6 Å². The molecular formula is C15H16ClNOS. The van der Waals surface area contributed by atoms with Gasteiger partial charge in [-0.25, -0.2) is 0 Å². The summed E-state index contributed by atoms with van der Waals surface area (Å²) < 4.78 is 0. The standard InChI is InChI=1S/C15H16ClNOS/c1-2-8-17(10-12-7-9-19-11-12)15(18)13-5-3-4-6-14(13)16/h3-7,9,11H,2,8,10H2,1H3. The van der Waals surface area contributed by atoms with Crippen molar-refractivity contribution in [1.29, 1.82) is 0 Å². The highest BCUT2D eigenvalue weighted by molar-refractivity contribution is 7.07. The van der Waals surface area contributed by atoms with Crippen LogP contribution in [0.5, 0.6) is 0 Å². The number of thiophene rings is 1. The Hall–Kier alpha value is -1.32. The first-order chi connectivity index (χ1) is 9.22. The fourth-order valence-electron chi connectivity index (χ4n) is 1.93. The van der Waals surface area contributed by atoms with Crippen LogP contribution in [-0.2, 0) is 6.54 Å². The molecular weight excluding hydrogens is 278 g/mol. The second-order valence-electron chi connectivity index (χ2n) is 4.34. The van der Waals surface area contributed by atoms with Crippen LogP contribution in [0.25, 0.3) is 0 Å². The second-order valence-corrected chi connectivity index (χ2v) is 5.53. The number of halogens is 1. The number of carbonyl (C=O) groups excluding carboxylic acids is 1. The van der Waals surface area contributed by atoms with Crippen LogP contribution in [0.15, 0.2) is 41.1 Å². The third-order valence-electron chi connectivity index (χ3n) is 2.84. The molecule has 2 aromatic rings. The van der Waals surface area contributed by atoms with Crippen LogP contribution in [0, 0.1) is 0 Å². The van der Waals surface area contributed by atoms with Crippen LogP contribution in [0.4, 0.5) is 0 Å². The first kappa shape index (κ1) is 14.1. The summed E-state index contributed by atoms with van der Waals surface area (Å²) in [6.45, 7) is 3.45. The van der Waals surface area contributed by atoms with Crippen LogP contribution < -0.4 is 0 Å². The Morgan fingerprint density at radius 2 is 2.11 bits per heavy atom. The minimum absolute atomic E-state index is 0.00125. The smallest absolute Gasteiger partial charge is 0.255 e. The van der Waals surface area contributed by atoms with E-state index in [0.29, 0.717) is 17.1 Å². The average molecular weight is 294 g/mol. The number of hydrogen-bond acceptors (Lipinski definition) is 2. The molecule has 0 aliphatic rings. The molecule has 2 nitrogen and oxygen atoms in total. The fraction of sp³-hybridized carbons (Fsp3) is 0.267. The number of amides is 1. The zero-order valence-electron chi connectivity index (χ0n) is 10.8. The van der Waals surface area contributed by atoms with Crippen LogP contribution in [-0.4, -0.2) is 17.4 Å². The molecule has 0 unspecified atom stereocenters. The summed E-state index contributed by atoms with van der Waals surface area (Å²) in [4.78, 5) is 14.4. The lowest BCUT2D eigenvalue weighted by molar-refractivity contribution is 0.0743. The summed E-state index contributed by atoms with van der Waals surface area (Å²) in [5, 5.41) is 4.61. The Labute approximate surface area is 122 Å². The Bertz CT molecular complexity index is 539. The summed E-state index contributed by atoms with van der Waals surface area (Å²) >= 11 is 7.75. The van der Waals surface area contributed by atoms with E-state index >= 15 is 0 Å². The predicted octanol–water partition coefficient (Wildman–Crippen LogP) is 4.45. The van der Waals surface area contributed by atoms with Gasteiger partial charge in [-0.2, -0.15) is 11.3 Å². The molecule has 19 heavy (non-hydrogen) atoms. The maximum atomic E-state index is 12.5. The third kappa shape index (κ3) is 3.58. The molecule has 0 bridgehead atoms. The molecule has 0 radical (unpaired) electrons. The summed E-state index contributed by atoms with van der Waals surface area (Å²) in [7, 11) is 0. The van der Waals surface area contributed by atoms with E-state index < -0.39 is 0 Å². The van der Waals surface area contributed by atoms with Crippen molar-refractivity contribution in [3.05, 3.63) is 57.2 Å². The van der Waals surface area contributed by atoms with Crippen molar-refractivity contribution < 1.29 is 4.79 Å². The van der Waals surface area contributed by atoms with E-state index in [1.165, 1.54) is 5.56 Å². The monoisotopic (exact) mass is 293 g/mol. The quantitative estimate of drug-likeness (QED) is 0.797. The molecule has 1 aromatic heterocycles. The van der Waals surface area contributed by atoms with Crippen LogP contribution >= 0.6 is 22.9 Å². The molecule has 4 heteroatoms. The van der Waals surface area contributed by atoms with Crippen molar-refractivity contribution in [2.75, 3.05) is 6.54 Å². The van der Waals surface area contributed by atoms with Gasteiger partial charge in [0.2, 0.25) is 0 Å². The summed E-state index contributed by atoms with van der Waals surface area (Å²) in [6.07, 6.45) is 0.931. The van der Waals surface area contributed by atoms with Gasteiger partial charge in [0.1, 0.15) is 0 Å². The Morgan fingerprint density at radius 1 is 1.32 bits per heavy atom. The summed E-state index contributed by atoms with van der Waals surface area (Å²) in [5.74, 6) is -0.00125. The fourth-order valence-corrected chi connectivity index (χ4v) is 2.81. The van der Waals surface area contributed by atoms with Crippen LogP contribution in [0.1, 0.15) is 29.3 Å². The number of rotatable bonds is 5. The van der Waals surface area contributed by atoms with Gasteiger partial charge < -0.3 is 4.90 Å². The summed E-state index contributed by atoms with van der Waals surface area (Å²) in [6, 6.07) is 9.26. The maximum absolute atomic E-state index is 12.5. The van der Waals surface area contributed by atoms with Gasteiger partial charge in [-0.1, -0.05) is 30.7 Å². The van der Waals surface area contributed by atoms with Gasteiger partial charge in [0, 0.05) is 13.1 Å². The predicted molar refractivity (Wildman–Crippen MR) is 80.8 cm³/mol. The largest absolute Gasteiger partial charge is 0.334 e. The Balaban J connectivity index is 2.19. The SMILES string of the molecule is CCCN(Cc1ccsc1)C(=O)c1ccccc1Cl.